The second-order valence-electron chi connectivity index (χ2n) is 5.38. The molecule has 4 nitrogen and oxygen atoms in total. The van der Waals surface area contributed by atoms with Crippen LogP contribution in [0.25, 0.3) is 17.0 Å². The van der Waals surface area contributed by atoms with Crippen molar-refractivity contribution in [3.05, 3.63) is 76.8 Å². The smallest absolute Gasteiger partial charge is 0.331 e. The molecule has 0 aliphatic carbocycles. The van der Waals surface area contributed by atoms with Gasteiger partial charge in [-0.1, -0.05) is 6.07 Å². The number of aliphatic carboxylic acids is 1. The maximum Gasteiger partial charge on any atom is 0.331 e. The van der Waals surface area contributed by atoms with Crippen molar-refractivity contribution >= 4 is 28.8 Å². The number of carbonyl (C=O) groups is 2. The molecule has 0 saturated carbocycles. The molecule has 0 aliphatic rings. The third-order valence-electron chi connectivity index (χ3n) is 3.59. The number of rotatable bonds is 4. The highest BCUT2D eigenvalue weighted by molar-refractivity contribution is 6.09. The summed E-state index contributed by atoms with van der Waals surface area (Å²) in [7, 11) is 0. The Balaban J connectivity index is 1.96. The lowest BCUT2D eigenvalue weighted by Crippen LogP contribution is -1.99. The Kier molecular flexibility index (Phi) is 4.00. The molecule has 0 unspecified atom stereocenters. The molecule has 1 N–H and O–H groups in total. The summed E-state index contributed by atoms with van der Waals surface area (Å²) < 4.78 is 18.5. The van der Waals surface area contributed by atoms with Crippen molar-refractivity contribution in [2.45, 2.75) is 6.92 Å². The lowest BCUT2D eigenvalue weighted by atomic mass is 10.1. The highest BCUT2D eigenvalue weighted by Crippen LogP contribution is 2.24. The summed E-state index contributed by atoms with van der Waals surface area (Å²) in [5.74, 6) is -1.60. The average molecular weight is 324 g/mol. The maximum atomic E-state index is 12.9. The SMILES string of the molecule is C/C(=C\c1ccc2oc(C(=O)c3ccc(F)cc3)cc2c1)C(=O)O. The van der Waals surface area contributed by atoms with Crippen LogP contribution >= 0.6 is 0 Å². The number of carbonyl (C=O) groups excluding carboxylic acids is 1. The number of carboxylic acids is 1. The number of hydrogen-bond acceptors (Lipinski definition) is 3. The van der Waals surface area contributed by atoms with E-state index < -0.39 is 11.8 Å². The number of furan rings is 1. The van der Waals surface area contributed by atoms with Crippen molar-refractivity contribution in [2.75, 3.05) is 0 Å². The predicted octanol–water partition coefficient (Wildman–Crippen LogP) is 4.29. The molecule has 0 fully saturated rings. The fourth-order valence-corrected chi connectivity index (χ4v) is 2.32. The minimum atomic E-state index is -0.991. The van der Waals surface area contributed by atoms with Crippen LogP contribution in [0.4, 0.5) is 4.39 Å². The third kappa shape index (κ3) is 3.10. The van der Waals surface area contributed by atoms with Gasteiger partial charge in [-0.05, 0) is 61.0 Å². The lowest BCUT2D eigenvalue weighted by Gasteiger charge is -1.96. The van der Waals surface area contributed by atoms with Gasteiger partial charge >= 0.3 is 5.97 Å². The molecule has 2 aromatic carbocycles. The minimum absolute atomic E-state index is 0.146. The third-order valence-corrected chi connectivity index (χ3v) is 3.59. The highest BCUT2D eigenvalue weighted by atomic mass is 19.1. The molecule has 0 spiro atoms. The quantitative estimate of drug-likeness (QED) is 0.574. The first-order valence-electron chi connectivity index (χ1n) is 7.19. The van der Waals surface area contributed by atoms with Crippen LogP contribution in [0, 0.1) is 5.82 Å². The molecule has 120 valence electrons. The van der Waals surface area contributed by atoms with Crippen molar-refractivity contribution in [2.24, 2.45) is 0 Å². The van der Waals surface area contributed by atoms with Crippen molar-refractivity contribution < 1.29 is 23.5 Å². The van der Waals surface area contributed by atoms with E-state index in [0.29, 0.717) is 22.1 Å². The van der Waals surface area contributed by atoms with E-state index in [4.69, 9.17) is 9.52 Å². The summed E-state index contributed by atoms with van der Waals surface area (Å²) >= 11 is 0. The fourth-order valence-electron chi connectivity index (χ4n) is 2.32. The minimum Gasteiger partial charge on any atom is -0.478 e. The van der Waals surface area contributed by atoms with Gasteiger partial charge in [-0.3, -0.25) is 4.79 Å². The Morgan fingerprint density at radius 3 is 2.46 bits per heavy atom. The van der Waals surface area contributed by atoms with E-state index in [1.165, 1.54) is 37.3 Å². The molecule has 5 heteroatoms. The van der Waals surface area contributed by atoms with Crippen LogP contribution in [0.15, 0.2) is 58.5 Å². The molecule has 3 rings (SSSR count). The standard InChI is InChI=1S/C19H13FO4/c1-11(19(22)23)8-12-2-7-16-14(9-12)10-17(24-16)18(21)13-3-5-15(20)6-4-13/h2-10H,1H3,(H,22,23)/b11-8+. The molecule has 0 aliphatic heterocycles. The molecule has 0 atom stereocenters. The van der Waals surface area contributed by atoms with Gasteiger partial charge in [0.25, 0.3) is 0 Å². The van der Waals surface area contributed by atoms with Gasteiger partial charge in [0.15, 0.2) is 5.76 Å². The topological polar surface area (TPSA) is 67.5 Å². The van der Waals surface area contributed by atoms with Gasteiger partial charge in [0.05, 0.1) is 0 Å². The summed E-state index contributed by atoms with van der Waals surface area (Å²) in [6.07, 6.45) is 1.54. The van der Waals surface area contributed by atoms with E-state index in [1.54, 1.807) is 24.3 Å². The molecule has 24 heavy (non-hydrogen) atoms. The molecule has 0 radical (unpaired) electrons. The van der Waals surface area contributed by atoms with Crippen LogP contribution in [0.2, 0.25) is 0 Å². The van der Waals surface area contributed by atoms with Crippen LogP contribution in [0.3, 0.4) is 0 Å². The normalized spacial score (nSPS) is 11.7. The van der Waals surface area contributed by atoms with Gasteiger partial charge in [0.2, 0.25) is 5.78 Å². The molecular weight excluding hydrogens is 311 g/mol. The Morgan fingerprint density at radius 2 is 1.79 bits per heavy atom. The number of benzene rings is 2. The van der Waals surface area contributed by atoms with Crippen molar-refractivity contribution in [1.29, 1.82) is 0 Å². The van der Waals surface area contributed by atoms with E-state index >= 15 is 0 Å². The van der Waals surface area contributed by atoms with Gasteiger partial charge in [0, 0.05) is 16.5 Å². The first-order valence-corrected chi connectivity index (χ1v) is 7.19. The molecule has 1 aromatic heterocycles. The summed E-state index contributed by atoms with van der Waals surface area (Å²) in [4.78, 5) is 23.3. The first-order chi connectivity index (χ1) is 11.4. The number of hydrogen-bond donors (Lipinski definition) is 1. The van der Waals surface area contributed by atoms with E-state index in [0.717, 1.165) is 0 Å². The summed E-state index contributed by atoms with van der Waals surface area (Å²) in [5.41, 5.74) is 1.76. The van der Waals surface area contributed by atoms with Gasteiger partial charge in [-0.25, -0.2) is 9.18 Å². The van der Waals surface area contributed by atoms with Crippen LogP contribution < -0.4 is 0 Å². The number of halogens is 1. The zero-order chi connectivity index (χ0) is 17.3. The van der Waals surface area contributed by atoms with E-state index in [1.807, 2.05) is 0 Å². The molecule has 0 saturated heterocycles. The number of ketones is 1. The van der Waals surface area contributed by atoms with Crippen LogP contribution in [0.5, 0.6) is 0 Å². The second-order valence-corrected chi connectivity index (χ2v) is 5.38. The first kappa shape index (κ1) is 15.7. The summed E-state index contributed by atoms with van der Waals surface area (Å²) in [6.45, 7) is 1.51. The van der Waals surface area contributed by atoms with Crippen LogP contribution in [-0.4, -0.2) is 16.9 Å². The zero-order valence-electron chi connectivity index (χ0n) is 12.7. The second kappa shape index (κ2) is 6.12. The zero-order valence-corrected chi connectivity index (χ0v) is 12.7. The van der Waals surface area contributed by atoms with Crippen LogP contribution in [0.1, 0.15) is 28.6 Å². The van der Waals surface area contributed by atoms with Gasteiger partial charge < -0.3 is 9.52 Å². The molecule has 0 bridgehead atoms. The molecular formula is C19H13FO4. The maximum absolute atomic E-state index is 12.9. The van der Waals surface area contributed by atoms with Crippen molar-refractivity contribution in [3.8, 4) is 0 Å². The van der Waals surface area contributed by atoms with Crippen molar-refractivity contribution in [3.63, 3.8) is 0 Å². The molecule has 1 heterocycles. The van der Waals surface area contributed by atoms with E-state index in [2.05, 4.69) is 0 Å². The fraction of sp³-hybridized carbons (Fsp3) is 0.0526. The van der Waals surface area contributed by atoms with E-state index in [9.17, 15) is 14.0 Å². The Bertz CT molecular complexity index is 965. The number of carboxylic acid groups (broad SMARTS) is 1. The number of fused-ring (bicyclic) bond motifs is 1. The Labute approximate surface area is 136 Å². The van der Waals surface area contributed by atoms with Crippen LogP contribution in [-0.2, 0) is 4.79 Å². The summed E-state index contributed by atoms with van der Waals surface area (Å²) in [6, 6.07) is 12.0. The molecule has 3 aromatic rings. The Morgan fingerprint density at radius 1 is 1.08 bits per heavy atom. The van der Waals surface area contributed by atoms with Gasteiger partial charge in [-0.15, -0.1) is 0 Å². The Hall–Kier alpha value is -3.21. The van der Waals surface area contributed by atoms with E-state index in [-0.39, 0.29) is 17.1 Å². The largest absolute Gasteiger partial charge is 0.478 e. The molecule has 0 amide bonds. The highest BCUT2D eigenvalue weighted by Gasteiger charge is 2.15. The average Bonchev–Trinajstić information content (AvgIpc) is 2.98. The lowest BCUT2D eigenvalue weighted by molar-refractivity contribution is -0.132. The van der Waals surface area contributed by atoms with Gasteiger partial charge in [-0.2, -0.15) is 0 Å². The predicted molar refractivity (Wildman–Crippen MR) is 87.3 cm³/mol. The van der Waals surface area contributed by atoms with Crippen molar-refractivity contribution in [1.82, 2.24) is 0 Å². The summed E-state index contributed by atoms with van der Waals surface area (Å²) in [5, 5.41) is 9.61. The monoisotopic (exact) mass is 324 g/mol. The van der Waals surface area contributed by atoms with Gasteiger partial charge in [0.1, 0.15) is 11.4 Å².